The molecule has 1 aromatic heterocycles. The number of aromatic nitrogens is 1. The van der Waals surface area contributed by atoms with Crippen LogP contribution >= 0.6 is 0 Å². The molecule has 1 heterocycles. The van der Waals surface area contributed by atoms with Crippen molar-refractivity contribution >= 4 is 5.69 Å². The Labute approximate surface area is 82.7 Å². The lowest BCUT2D eigenvalue weighted by Crippen LogP contribution is -2.00. The smallest absolute Gasteiger partial charge is 0.124 e. The molecule has 0 amide bonds. The molecule has 1 N–H and O–H groups in total. The molecule has 0 unspecified atom stereocenters. The summed E-state index contributed by atoms with van der Waals surface area (Å²) in [5.41, 5.74) is 3.28. The Bertz CT molecular complexity index is 395. The lowest BCUT2D eigenvalue weighted by atomic mass is 10.2. The van der Waals surface area contributed by atoms with E-state index in [4.69, 9.17) is 4.52 Å². The first-order valence-electron chi connectivity index (χ1n) is 4.55. The predicted octanol–water partition coefficient (Wildman–Crippen LogP) is 2.60. The summed E-state index contributed by atoms with van der Waals surface area (Å²) in [6.45, 7) is 2.77. The average Bonchev–Trinajstić information content (AvgIpc) is 2.69. The van der Waals surface area contributed by atoms with E-state index in [2.05, 4.69) is 29.5 Å². The normalized spacial score (nSPS) is 10.1. The maximum atomic E-state index is 4.74. The van der Waals surface area contributed by atoms with E-state index in [-0.39, 0.29) is 0 Å². The molecule has 0 saturated carbocycles. The Kier molecular flexibility index (Phi) is 2.49. The van der Waals surface area contributed by atoms with Crippen LogP contribution in [0.1, 0.15) is 11.3 Å². The van der Waals surface area contributed by atoms with Crippen molar-refractivity contribution < 1.29 is 4.52 Å². The number of hydrogen-bond donors (Lipinski definition) is 1. The largest absolute Gasteiger partial charge is 0.379 e. The molecule has 0 atom stereocenters. The van der Waals surface area contributed by atoms with Gasteiger partial charge < -0.3 is 9.84 Å². The molecule has 0 aliphatic carbocycles. The second-order valence-electron chi connectivity index (χ2n) is 3.16. The Morgan fingerprint density at radius 3 is 2.86 bits per heavy atom. The van der Waals surface area contributed by atoms with Crippen LogP contribution in [0.15, 0.2) is 41.1 Å². The number of hydrogen-bond acceptors (Lipinski definition) is 3. The maximum Gasteiger partial charge on any atom is 0.124 e. The SMILES string of the molecule is Cc1ccccc1NCc1ccon1. The summed E-state index contributed by atoms with van der Waals surface area (Å²) in [4.78, 5) is 0. The molecule has 0 saturated heterocycles. The third-order valence-corrected chi connectivity index (χ3v) is 2.10. The zero-order valence-corrected chi connectivity index (χ0v) is 8.03. The molecule has 0 radical (unpaired) electrons. The second-order valence-corrected chi connectivity index (χ2v) is 3.16. The molecule has 2 rings (SSSR count). The fourth-order valence-corrected chi connectivity index (χ4v) is 1.29. The summed E-state index contributed by atoms with van der Waals surface area (Å²) in [5.74, 6) is 0. The zero-order chi connectivity index (χ0) is 9.80. The van der Waals surface area contributed by atoms with Crippen molar-refractivity contribution in [1.29, 1.82) is 0 Å². The minimum absolute atomic E-state index is 0.696. The third kappa shape index (κ3) is 1.93. The van der Waals surface area contributed by atoms with Gasteiger partial charge in [-0.3, -0.25) is 0 Å². The van der Waals surface area contributed by atoms with E-state index in [0.29, 0.717) is 6.54 Å². The number of nitrogens with zero attached hydrogens (tertiary/aromatic N) is 1. The van der Waals surface area contributed by atoms with E-state index >= 15 is 0 Å². The average molecular weight is 188 g/mol. The van der Waals surface area contributed by atoms with Crippen LogP contribution in [0.4, 0.5) is 5.69 Å². The highest BCUT2D eigenvalue weighted by molar-refractivity contribution is 5.50. The Morgan fingerprint density at radius 2 is 2.14 bits per heavy atom. The molecular weight excluding hydrogens is 176 g/mol. The van der Waals surface area contributed by atoms with Gasteiger partial charge in [0.2, 0.25) is 0 Å². The molecule has 3 nitrogen and oxygen atoms in total. The van der Waals surface area contributed by atoms with Gasteiger partial charge in [0.05, 0.1) is 6.54 Å². The van der Waals surface area contributed by atoms with E-state index in [9.17, 15) is 0 Å². The minimum Gasteiger partial charge on any atom is -0.379 e. The number of aryl methyl sites for hydroxylation is 1. The molecule has 3 heteroatoms. The molecule has 0 aliphatic rings. The maximum absolute atomic E-state index is 4.74. The van der Waals surface area contributed by atoms with Crippen molar-refractivity contribution in [3.8, 4) is 0 Å². The molecule has 14 heavy (non-hydrogen) atoms. The van der Waals surface area contributed by atoms with Crippen molar-refractivity contribution in [2.75, 3.05) is 5.32 Å². The molecule has 1 aromatic carbocycles. The quantitative estimate of drug-likeness (QED) is 0.804. The fraction of sp³-hybridized carbons (Fsp3) is 0.182. The van der Waals surface area contributed by atoms with Crippen LogP contribution in [0.2, 0.25) is 0 Å². The van der Waals surface area contributed by atoms with Crippen LogP contribution in [-0.4, -0.2) is 5.16 Å². The van der Waals surface area contributed by atoms with Crippen LogP contribution < -0.4 is 5.32 Å². The fourth-order valence-electron chi connectivity index (χ4n) is 1.29. The zero-order valence-electron chi connectivity index (χ0n) is 8.03. The number of nitrogens with one attached hydrogen (secondary N) is 1. The summed E-state index contributed by atoms with van der Waals surface area (Å²) in [5, 5.41) is 7.12. The summed E-state index contributed by atoms with van der Waals surface area (Å²) >= 11 is 0. The Morgan fingerprint density at radius 1 is 1.29 bits per heavy atom. The molecule has 0 aliphatic heterocycles. The van der Waals surface area contributed by atoms with E-state index in [0.717, 1.165) is 11.4 Å². The van der Waals surface area contributed by atoms with Crippen LogP contribution in [0.25, 0.3) is 0 Å². The van der Waals surface area contributed by atoms with Gasteiger partial charge in [0.25, 0.3) is 0 Å². The highest BCUT2D eigenvalue weighted by Gasteiger charge is 1.98. The van der Waals surface area contributed by atoms with Gasteiger partial charge in [-0.05, 0) is 18.6 Å². The Hall–Kier alpha value is -1.77. The molecule has 2 aromatic rings. The standard InChI is InChI=1S/C11H12N2O/c1-9-4-2-3-5-11(9)12-8-10-6-7-14-13-10/h2-7,12H,8H2,1H3. The van der Waals surface area contributed by atoms with Gasteiger partial charge >= 0.3 is 0 Å². The van der Waals surface area contributed by atoms with Crippen LogP contribution in [-0.2, 0) is 6.54 Å². The van der Waals surface area contributed by atoms with E-state index in [1.807, 2.05) is 18.2 Å². The lowest BCUT2D eigenvalue weighted by Gasteiger charge is -2.06. The highest BCUT2D eigenvalue weighted by Crippen LogP contribution is 2.13. The van der Waals surface area contributed by atoms with Gasteiger partial charge in [-0.2, -0.15) is 0 Å². The van der Waals surface area contributed by atoms with Gasteiger partial charge in [-0.25, -0.2) is 0 Å². The minimum atomic E-state index is 0.696. The first-order chi connectivity index (χ1) is 6.86. The highest BCUT2D eigenvalue weighted by atomic mass is 16.5. The lowest BCUT2D eigenvalue weighted by molar-refractivity contribution is 0.412. The third-order valence-electron chi connectivity index (χ3n) is 2.10. The van der Waals surface area contributed by atoms with Gasteiger partial charge in [0.15, 0.2) is 0 Å². The van der Waals surface area contributed by atoms with Crippen molar-refractivity contribution in [1.82, 2.24) is 5.16 Å². The van der Waals surface area contributed by atoms with E-state index < -0.39 is 0 Å². The molecule has 0 spiro atoms. The van der Waals surface area contributed by atoms with E-state index in [1.165, 1.54) is 5.56 Å². The summed E-state index contributed by atoms with van der Waals surface area (Å²) < 4.78 is 4.74. The van der Waals surface area contributed by atoms with Crippen molar-refractivity contribution in [3.63, 3.8) is 0 Å². The number of para-hydroxylation sites is 1. The second kappa shape index (κ2) is 3.96. The van der Waals surface area contributed by atoms with Gasteiger partial charge in [0.1, 0.15) is 12.0 Å². The van der Waals surface area contributed by atoms with Crippen molar-refractivity contribution in [2.24, 2.45) is 0 Å². The predicted molar refractivity (Wildman–Crippen MR) is 55.0 cm³/mol. The van der Waals surface area contributed by atoms with Gasteiger partial charge in [-0.1, -0.05) is 23.4 Å². The molecule has 72 valence electrons. The Balaban J connectivity index is 2.02. The first-order valence-corrected chi connectivity index (χ1v) is 4.55. The topological polar surface area (TPSA) is 38.1 Å². The van der Waals surface area contributed by atoms with Gasteiger partial charge in [-0.15, -0.1) is 0 Å². The van der Waals surface area contributed by atoms with Crippen LogP contribution in [0, 0.1) is 6.92 Å². The molecular formula is C11H12N2O. The number of rotatable bonds is 3. The monoisotopic (exact) mass is 188 g/mol. The van der Waals surface area contributed by atoms with E-state index in [1.54, 1.807) is 6.26 Å². The first kappa shape index (κ1) is 8.81. The van der Waals surface area contributed by atoms with Crippen molar-refractivity contribution in [3.05, 3.63) is 47.9 Å². The summed E-state index contributed by atoms with van der Waals surface area (Å²) in [6, 6.07) is 10.0. The molecule has 0 bridgehead atoms. The number of benzene rings is 1. The van der Waals surface area contributed by atoms with Gasteiger partial charge in [0, 0.05) is 11.8 Å². The molecule has 0 fully saturated rings. The number of anilines is 1. The van der Waals surface area contributed by atoms with Crippen molar-refractivity contribution in [2.45, 2.75) is 13.5 Å². The summed E-state index contributed by atoms with van der Waals surface area (Å²) in [7, 11) is 0. The summed E-state index contributed by atoms with van der Waals surface area (Å²) in [6.07, 6.45) is 1.58. The van der Waals surface area contributed by atoms with Crippen LogP contribution in [0.3, 0.4) is 0 Å². The van der Waals surface area contributed by atoms with Crippen LogP contribution in [0.5, 0.6) is 0 Å².